The van der Waals surface area contributed by atoms with E-state index in [1.54, 1.807) is 17.4 Å². The van der Waals surface area contributed by atoms with E-state index in [4.69, 9.17) is 0 Å². The predicted molar refractivity (Wildman–Crippen MR) is 76.9 cm³/mol. The van der Waals surface area contributed by atoms with Gasteiger partial charge in [-0.3, -0.25) is 0 Å². The molecule has 0 bridgehead atoms. The Morgan fingerprint density at radius 2 is 2.06 bits per heavy atom. The van der Waals surface area contributed by atoms with E-state index in [1.165, 1.54) is 15.8 Å². The highest BCUT2D eigenvalue weighted by atomic mass is 32.1. The van der Waals surface area contributed by atoms with E-state index < -0.39 is 0 Å². The predicted octanol–water partition coefficient (Wildman–Crippen LogP) is 4.93. The lowest BCUT2D eigenvalue weighted by molar-refractivity contribution is 0.627. The number of thiophene rings is 1. The van der Waals surface area contributed by atoms with Crippen molar-refractivity contribution in [1.29, 1.82) is 0 Å². The number of aryl methyl sites for hydroxylation is 2. The number of anilines is 1. The summed E-state index contributed by atoms with van der Waals surface area (Å²) < 4.78 is 13.7. The van der Waals surface area contributed by atoms with E-state index in [9.17, 15) is 4.39 Å². The highest BCUT2D eigenvalue weighted by Crippen LogP contribution is 2.27. The second-order valence-electron chi connectivity index (χ2n) is 4.51. The Balaban J connectivity index is 2.15. The molecule has 3 heteroatoms. The molecule has 0 fully saturated rings. The lowest BCUT2D eigenvalue weighted by atomic mass is 10.2. The number of hydrogen-bond donors (Lipinski definition) is 1. The largest absolute Gasteiger partial charge is 0.375 e. The third kappa shape index (κ3) is 2.91. The lowest BCUT2D eigenvalue weighted by Gasteiger charge is -2.14. The maximum absolute atomic E-state index is 13.7. The van der Waals surface area contributed by atoms with Gasteiger partial charge < -0.3 is 5.32 Å². The first-order valence-electron chi connectivity index (χ1n) is 6.21. The normalized spacial score (nSPS) is 12.4. The minimum Gasteiger partial charge on any atom is -0.375 e. The molecule has 0 spiro atoms. The average Bonchev–Trinajstić information content (AvgIpc) is 2.82. The summed E-state index contributed by atoms with van der Waals surface area (Å²) in [6, 6.07) is 9.54. The molecule has 0 amide bonds. The molecule has 0 aliphatic carbocycles. The average molecular weight is 263 g/mol. The molecule has 2 aromatic rings. The lowest BCUT2D eigenvalue weighted by Crippen LogP contribution is -2.06. The Bertz CT molecular complexity index is 533. The smallest absolute Gasteiger partial charge is 0.146 e. The van der Waals surface area contributed by atoms with Crippen LogP contribution in [-0.4, -0.2) is 0 Å². The van der Waals surface area contributed by atoms with Crippen molar-refractivity contribution < 1.29 is 4.39 Å². The first kappa shape index (κ1) is 13.1. The molecule has 18 heavy (non-hydrogen) atoms. The molecule has 1 atom stereocenters. The van der Waals surface area contributed by atoms with Crippen LogP contribution in [0.3, 0.4) is 0 Å². The van der Waals surface area contributed by atoms with E-state index in [2.05, 4.69) is 31.3 Å². The second kappa shape index (κ2) is 5.53. The van der Waals surface area contributed by atoms with Crippen molar-refractivity contribution in [3.05, 3.63) is 51.5 Å². The van der Waals surface area contributed by atoms with Crippen molar-refractivity contribution in [2.45, 2.75) is 33.2 Å². The van der Waals surface area contributed by atoms with Gasteiger partial charge in [-0.15, -0.1) is 11.3 Å². The molecular weight excluding hydrogens is 245 g/mol. The van der Waals surface area contributed by atoms with E-state index in [1.807, 2.05) is 13.0 Å². The minimum atomic E-state index is -0.195. The van der Waals surface area contributed by atoms with Crippen LogP contribution in [0.2, 0.25) is 0 Å². The van der Waals surface area contributed by atoms with Gasteiger partial charge in [0.2, 0.25) is 0 Å². The third-order valence-electron chi connectivity index (χ3n) is 2.95. The standard InChI is InChI=1S/C15H18FNS/c1-4-12-6-8-15(18-12)11(3)17-14-9-10(2)5-7-13(14)16/h5-9,11,17H,4H2,1-3H3. The quantitative estimate of drug-likeness (QED) is 0.824. The van der Waals surface area contributed by atoms with Gasteiger partial charge in [0.25, 0.3) is 0 Å². The Labute approximate surface area is 112 Å². The van der Waals surface area contributed by atoms with Gasteiger partial charge in [0, 0.05) is 9.75 Å². The maximum atomic E-state index is 13.7. The van der Waals surface area contributed by atoms with Crippen LogP contribution < -0.4 is 5.32 Å². The van der Waals surface area contributed by atoms with Gasteiger partial charge in [0.05, 0.1) is 11.7 Å². The molecule has 1 unspecified atom stereocenters. The summed E-state index contributed by atoms with van der Waals surface area (Å²) >= 11 is 1.79. The number of rotatable bonds is 4. The van der Waals surface area contributed by atoms with Crippen molar-refractivity contribution in [3.63, 3.8) is 0 Å². The molecule has 0 radical (unpaired) electrons. The summed E-state index contributed by atoms with van der Waals surface area (Å²) in [6.45, 7) is 6.18. The first-order chi connectivity index (χ1) is 8.60. The summed E-state index contributed by atoms with van der Waals surface area (Å²) in [6.07, 6.45) is 1.05. The van der Waals surface area contributed by atoms with Crippen LogP contribution in [0.4, 0.5) is 10.1 Å². The number of benzene rings is 1. The van der Waals surface area contributed by atoms with Gasteiger partial charge in [-0.25, -0.2) is 4.39 Å². The summed E-state index contributed by atoms with van der Waals surface area (Å²) in [5.74, 6) is -0.195. The van der Waals surface area contributed by atoms with Gasteiger partial charge in [0.1, 0.15) is 5.82 Å². The van der Waals surface area contributed by atoms with Gasteiger partial charge in [-0.1, -0.05) is 13.0 Å². The van der Waals surface area contributed by atoms with E-state index in [0.29, 0.717) is 5.69 Å². The summed E-state index contributed by atoms with van der Waals surface area (Å²) in [5.41, 5.74) is 1.64. The number of nitrogens with one attached hydrogen (secondary N) is 1. The van der Waals surface area contributed by atoms with Crippen molar-refractivity contribution >= 4 is 17.0 Å². The first-order valence-corrected chi connectivity index (χ1v) is 7.03. The fraction of sp³-hybridized carbons (Fsp3) is 0.333. The van der Waals surface area contributed by atoms with E-state index in [0.717, 1.165) is 12.0 Å². The SMILES string of the molecule is CCc1ccc(C(C)Nc2cc(C)ccc2F)s1. The minimum absolute atomic E-state index is 0.131. The zero-order valence-electron chi connectivity index (χ0n) is 11.0. The summed E-state index contributed by atoms with van der Waals surface area (Å²) in [5, 5.41) is 3.24. The van der Waals surface area contributed by atoms with Crippen LogP contribution in [0, 0.1) is 12.7 Å². The molecular formula is C15H18FNS. The number of hydrogen-bond acceptors (Lipinski definition) is 2. The van der Waals surface area contributed by atoms with Crippen molar-refractivity contribution in [2.75, 3.05) is 5.32 Å². The molecule has 0 aliphatic heterocycles. The van der Waals surface area contributed by atoms with Gasteiger partial charge in [0.15, 0.2) is 0 Å². The Morgan fingerprint density at radius 1 is 1.28 bits per heavy atom. The number of halogens is 1. The van der Waals surface area contributed by atoms with Crippen LogP contribution in [0.25, 0.3) is 0 Å². The second-order valence-corrected chi connectivity index (χ2v) is 5.71. The molecule has 1 aromatic carbocycles. The van der Waals surface area contributed by atoms with Crippen LogP contribution in [0.15, 0.2) is 30.3 Å². The molecule has 1 heterocycles. The molecule has 0 saturated carbocycles. The van der Waals surface area contributed by atoms with Gasteiger partial charge in [-0.05, 0) is 50.1 Å². The molecule has 96 valence electrons. The van der Waals surface area contributed by atoms with Crippen LogP contribution in [0.5, 0.6) is 0 Å². The van der Waals surface area contributed by atoms with Gasteiger partial charge in [-0.2, -0.15) is 0 Å². The Hall–Kier alpha value is -1.35. The van der Waals surface area contributed by atoms with Crippen LogP contribution in [-0.2, 0) is 6.42 Å². The van der Waals surface area contributed by atoms with E-state index in [-0.39, 0.29) is 11.9 Å². The molecule has 1 aromatic heterocycles. The monoisotopic (exact) mass is 263 g/mol. The third-order valence-corrected chi connectivity index (χ3v) is 4.36. The zero-order chi connectivity index (χ0) is 13.1. The van der Waals surface area contributed by atoms with Crippen molar-refractivity contribution in [2.24, 2.45) is 0 Å². The molecule has 1 nitrogen and oxygen atoms in total. The van der Waals surface area contributed by atoms with Crippen molar-refractivity contribution in [1.82, 2.24) is 0 Å². The topological polar surface area (TPSA) is 12.0 Å². The fourth-order valence-electron chi connectivity index (χ4n) is 1.87. The molecule has 0 aliphatic rings. The highest BCUT2D eigenvalue weighted by Gasteiger charge is 2.10. The maximum Gasteiger partial charge on any atom is 0.146 e. The van der Waals surface area contributed by atoms with Gasteiger partial charge >= 0.3 is 0 Å². The Morgan fingerprint density at radius 3 is 2.72 bits per heavy atom. The highest BCUT2D eigenvalue weighted by molar-refractivity contribution is 7.12. The van der Waals surface area contributed by atoms with E-state index >= 15 is 0 Å². The Kier molecular flexibility index (Phi) is 4.02. The fourth-order valence-corrected chi connectivity index (χ4v) is 2.83. The zero-order valence-corrected chi connectivity index (χ0v) is 11.8. The van der Waals surface area contributed by atoms with Crippen LogP contribution >= 0.6 is 11.3 Å². The summed E-state index contributed by atoms with van der Waals surface area (Å²) in [7, 11) is 0. The summed E-state index contributed by atoms with van der Waals surface area (Å²) in [4.78, 5) is 2.61. The molecule has 0 saturated heterocycles. The van der Waals surface area contributed by atoms with Crippen LogP contribution in [0.1, 0.15) is 35.2 Å². The molecule has 1 N–H and O–H groups in total. The molecule has 2 rings (SSSR count). The van der Waals surface area contributed by atoms with Crippen molar-refractivity contribution in [3.8, 4) is 0 Å².